The highest BCUT2D eigenvalue weighted by molar-refractivity contribution is 5.72. The average Bonchev–Trinajstić information content (AvgIpc) is 2.37. The minimum atomic E-state index is -0.913. The van der Waals surface area contributed by atoms with Gasteiger partial charge < -0.3 is 19.5 Å². The first-order valence-electron chi connectivity index (χ1n) is 7.53. The highest BCUT2D eigenvalue weighted by atomic mass is 16.6. The summed E-state index contributed by atoms with van der Waals surface area (Å²) in [5.41, 5.74) is -0.655. The number of hydrogen-bond donors (Lipinski definition) is 1. The van der Waals surface area contributed by atoms with Crippen molar-refractivity contribution < 1.29 is 24.2 Å². The molecule has 0 bridgehead atoms. The summed E-state index contributed by atoms with van der Waals surface area (Å²) in [5.74, 6) is -0.913. The van der Waals surface area contributed by atoms with Crippen LogP contribution in [-0.4, -0.2) is 53.5 Å². The van der Waals surface area contributed by atoms with Crippen molar-refractivity contribution in [2.24, 2.45) is 5.41 Å². The number of ether oxygens (including phenoxy) is 2. The first-order valence-corrected chi connectivity index (χ1v) is 7.53. The molecule has 0 aromatic rings. The van der Waals surface area contributed by atoms with Crippen LogP contribution < -0.4 is 0 Å². The molecule has 2 fully saturated rings. The third kappa shape index (κ3) is 4.09. The Bertz CT molecular complexity index is 413. The predicted octanol–water partition coefficient (Wildman–Crippen LogP) is 2.27. The summed E-state index contributed by atoms with van der Waals surface area (Å²) in [4.78, 5) is 25.1. The van der Waals surface area contributed by atoms with E-state index in [4.69, 9.17) is 14.6 Å². The number of carbonyl (C=O) groups excluding carboxylic acids is 1. The Kier molecular flexibility index (Phi) is 4.46. The standard InChI is InChI=1S/C15H25NO5/c1-14(2,3)21-13(19)16-7-4-5-15(10-16)6-8-20-11(9-15)12(17)18/h11H,4-10H2,1-3H3,(H,17,18). The zero-order chi connectivity index (χ0) is 15.7. The average molecular weight is 299 g/mol. The normalized spacial score (nSPS) is 30.2. The van der Waals surface area contributed by atoms with Crippen LogP contribution in [0.1, 0.15) is 46.5 Å². The molecular formula is C15H25NO5. The highest BCUT2D eigenvalue weighted by Gasteiger charge is 2.44. The molecule has 1 amide bonds. The summed E-state index contributed by atoms with van der Waals surface area (Å²) in [5, 5.41) is 9.15. The lowest BCUT2D eigenvalue weighted by Gasteiger charge is -2.46. The van der Waals surface area contributed by atoms with E-state index in [9.17, 15) is 9.59 Å². The molecule has 0 saturated carbocycles. The van der Waals surface area contributed by atoms with Gasteiger partial charge in [0.1, 0.15) is 5.60 Å². The molecule has 6 nitrogen and oxygen atoms in total. The number of hydrogen-bond acceptors (Lipinski definition) is 4. The fraction of sp³-hybridized carbons (Fsp3) is 0.867. The van der Waals surface area contributed by atoms with Crippen LogP contribution in [-0.2, 0) is 14.3 Å². The number of rotatable bonds is 1. The second kappa shape index (κ2) is 5.83. The van der Waals surface area contributed by atoms with E-state index >= 15 is 0 Å². The number of piperidine rings is 1. The van der Waals surface area contributed by atoms with E-state index in [1.54, 1.807) is 4.90 Å². The smallest absolute Gasteiger partial charge is 0.410 e. The second-order valence-corrected chi connectivity index (χ2v) is 7.16. The Morgan fingerprint density at radius 3 is 2.67 bits per heavy atom. The van der Waals surface area contributed by atoms with Gasteiger partial charge in [0.25, 0.3) is 0 Å². The van der Waals surface area contributed by atoms with Gasteiger partial charge >= 0.3 is 12.1 Å². The molecule has 21 heavy (non-hydrogen) atoms. The van der Waals surface area contributed by atoms with Crippen LogP contribution >= 0.6 is 0 Å². The molecule has 1 N–H and O–H groups in total. The van der Waals surface area contributed by atoms with E-state index in [0.29, 0.717) is 26.1 Å². The SMILES string of the molecule is CC(C)(C)OC(=O)N1CCCC2(CCOC(C(=O)O)C2)C1. The van der Waals surface area contributed by atoms with Gasteiger partial charge in [-0.05, 0) is 51.9 Å². The number of carboxylic acid groups (broad SMARTS) is 1. The third-order valence-electron chi connectivity index (χ3n) is 4.16. The fourth-order valence-corrected chi connectivity index (χ4v) is 3.19. The fourth-order valence-electron chi connectivity index (χ4n) is 3.19. The first kappa shape index (κ1) is 16.1. The molecule has 0 aromatic heterocycles. The summed E-state index contributed by atoms with van der Waals surface area (Å²) in [7, 11) is 0. The van der Waals surface area contributed by atoms with E-state index in [1.165, 1.54) is 0 Å². The Morgan fingerprint density at radius 2 is 2.05 bits per heavy atom. The van der Waals surface area contributed by atoms with Crippen LogP contribution in [0, 0.1) is 5.41 Å². The first-order chi connectivity index (χ1) is 9.71. The molecule has 0 aliphatic carbocycles. The van der Waals surface area contributed by atoms with Crippen LogP contribution in [0.2, 0.25) is 0 Å². The number of carboxylic acids is 1. The lowest BCUT2D eigenvalue weighted by atomic mass is 9.72. The number of nitrogens with zero attached hydrogens (tertiary/aromatic N) is 1. The highest BCUT2D eigenvalue weighted by Crippen LogP contribution is 2.41. The minimum absolute atomic E-state index is 0.142. The monoisotopic (exact) mass is 299 g/mol. The quantitative estimate of drug-likeness (QED) is 0.803. The van der Waals surface area contributed by atoms with E-state index < -0.39 is 17.7 Å². The summed E-state index contributed by atoms with van der Waals surface area (Å²) in [6.45, 7) is 7.22. The van der Waals surface area contributed by atoms with Crippen molar-refractivity contribution in [3.05, 3.63) is 0 Å². The molecule has 0 radical (unpaired) electrons. The summed E-state index contributed by atoms with van der Waals surface area (Å²) in [6, 6.07) is 0. The lowest BCUT2D eigenvalue weighted by Crippen LogP contribution is -2.52. The third-order valence-corrected chi connectivity index (χ3v) is 4.16. The topological polar surface area (TPSA) is 76.1 Å². The van der Waals surface area contributed by atoms with E-state index in [1.807, 2.05) is 20.8 Å². The molecular weight excluding hydrogens is 274 g/mol. The van der Waals surface area contributed by atoms with Gasteiger partial charge in [0, 0.05) is 19.7 Å². The van der Waals surface area contributed by atoms with Crippen LogP contribution in [0.15, 0.2) is 0 Å². The van der Waals surface area contributed by atoms with Gasteiger partial charge in [0.15, 0.2) is 6.10 Å². The van der Waals surface area contributed by atoms with Crippen LogP contribution in [0.3, 0.4) is 0 Å². The van der Waals surface area contributed by atoms with E-state index in [2.05, 4.69) is 0 Å². The number of carbonyl (C=O) groups is 2. The molecule has 1 spiro atoms. The Morgan fingerprint density at radius 1 is 1.33 bits per heavy atom. The van der Waals surface area contributed by atoms with Crippen LogP contribution in [0.25, 0.3) is 0 Å². The number of likely N-dealkylation sites (tertiary alicyclic amines) is 1. The Balaban J connectivity index is 2.02. The van der Waals surface area contributed by atoms with Crippen LogP contribution in [0.5, 0.6) is 0 Å². The molecule has 2 atom stereocenters. The van der Waals surface area contributed by atoms with E-state index in [-0.39, 0.29) is 11.5 Å². The summed E-state index contributed by atoms with van der Waals surface area (Å²) < 4.78 is 10.7. The molecule has 0 aromatic carbocycles. The zero-order valence-corrected chi connectivity index (χ0v) is 13.1. The lowest BCUT2D eigenvalue weighted by molar-refractivity contribution is -0.160. The van der Waals surface area contributed by atoms with Gasteiger partial charge in [-0.2, -0.15) is 0 Å². The molecule has 2 rings (SSSR count). The van der Waals surface area contributed by atoms with Gasteiger partial charge in [0.05, 0.1) is 0 Å². The molecule has 2 saturated heterocycles. The molecule has 120 valence electrons. The van der Waals surface area contributed by atoms with Crippen molar-refractivity contribution in [3.8, 4) is 0 Å². The number of amides is 1. The predicted molar refractivity (Wildman–Crippen MR) is 76.1 cm³/mol. The van der Waals surface area contributed by atoms with Gasteiger partial charge in [-0.1, -0.05) is 0 Å². The van der Waals surface area contributed by atoms with Gasteiger partial charge in [-0.25, -0.2) is 9.59 Å². The van der Waals surface area contributed by atoms with Crippen molar-refractivity contribution in [3.63, 3.8) is 0 Å². The van der Waals surface area contributed by atoms with Crippen molar-refractivity contribution in [2.75, 3.05) is 19.7 Å². The van der Waals surface area contributed by atoms with Crippen molar-refractivity contribution in [2.45, 2.75) is 58.2 Å². The second-order valence-electron chi connectivity index (χ2n) is 7.16. The maximum Gasteiger partial charge on any atom is 0.410 e. The van der Waals surface area contributed by atoms with Crippen molar-refractivity contribution in [1.82, 2.24) is 4.90 Å². The maximum atomic E-state index is 12.2. The Hall–Kier alpha value is -1.30. The largest absolute Gasteiger partial charge is 0.479 e. The molecule has 6 heteroatoms. The van der Waals surface area contributed by atoms with Crippen LogP contribution in [0.4, 0.5) is 4.79 Å². The van der Waals surface area contributed by atoms with Crippen molar-refractivity contribution >= 4 is 12.1 Å². The minimum Gasteiger partial charge on any atom is -0.479 e. The summed E-state index contributed by atoms with van der Waals surface area (Å²) >= 11 is 0. The molecule has 2 unspecified atom stereocenters. The molecule has 2 aliphatic rings. The zero-order valence-electron chi connectivity index (χ0n) is 13.1. The molecule has 2 heterocycles. The van der Waals surface area contributed by atoms with Gasteiger partial charge in [-0.15, -0.1) is 0 Å². The Labute approximate surface area is 125 Å². The summed E-state index contributed by atoms with van der Waals surface area (Å²) in [6.07, 6.45) is 2.04. The maximum absolute atomic E-state index is 12.2. The van der Waals surface area contributed by atoms with Gasteiger partial charge in [0.2, 0.25) is 0 Å². The van der Waals surface area contributed by atoms with Gasteiger partial charge in [-0.3, -0.25) is 0 Å². The van der Waals surface area contributed by atoms with Crippen molar-refractivity contribution in [1.29, 1.82) is 0 Å². The number of aliphatic carboxylic acids is 1. The van der Waals surface area contributed by atoms with E-state index in [0.717, 1.165) is 19.3 Å². The molecule has 2 aliphatic heterocycles.